The lowest BCUT2D eigenvalue weighted by Crippen LogP contribution is -2.11. The summed E-state index contributed by atoms with van der Waals surface area (Å²) in [6.45, 7) is 0.123. The third-order valence-electron chi connectivity index (χ3n) is 3.84. The molecule has 0 unspecified atom stereocenters. The van der Waals surface area contributed by atoms with Crippen LogP contribution in [0.5, 0.6) is 0 Å². The van der Waals surface area contributed by atoms with E-state index >= 15 is 0 Å². The zero-order valence-corrected chi connectivity index (χ0v) is 16.0. The van der Waals surface area contributed by atoms with Gasteiger partial charge in [-0.15, -0.1) is 0 Å². The van der Waals surface area contributed by atoms with Crippen molar-refractivity contribution in [1.82, 2.24) is 0 Å². The van der Waals surface area contributed by atoms with E-state index in [1.165, 1.54) is 62.8 Å². The molecule has 0 aliphatic rings. The maximum atomic E-state index is 11.9. The van der Waals surface area contributed by atoms with Crippen LogP contribution in [-0.2, 0) is 18.9 Å². The Hall–Kier alpha value is -3.68. The first-order chi connectivity index (χ1) is 14.0. The first-order valence-electron chi connectivity index (χ1n) is 8.67. The van der Waals surface area contributed by atoms with E-state index in [1.54, 1.807) is 0 Å². The van der Waals surface area contributed by atoms with Crippen molar-refractivity contribution in [2.75, 3.05) is 27.4 Å². The Morgan fingerprint density at radius 2 is 0.828 bits per heavy atom. The maximum Gasteiger partial charge on any atom is 0.338 e. The zero-order valence-electron chi connectivity index (χ0n) is 16.0. The molecule has 8 nitrogen and oxygen atoms in total. The highest BCUT2D eigenvalue weighted by Crippen LogP contribution is 2.09. The Kier molecular flexibility index (Phi) is 7.90. The van der Waals surface area contributed by atoms with Crippen molar-refractivity contribution in [3.8, 4) is 0 Å². The highest BCUT2D eigenvalue weighted by atomic mass is 16.5. The average Bonchev–Trinajstić information content (AvgIpc) is 2.77. The maximum absolute atomic E-state index is 11.9. The number of ether oxygens (including phenoxy) is 4. The fourth-order valence-electron chi connectivity index (χ4n) is 2.28. The van der Waals surface area contributed by atoms with E-state index in [-0.39, 0.29) is 13.2 Å². The molecule has 8 heteroatoms. The molecule has 0 aliphatic heterocycles. The molecule has 152 valence electrons. The van der Waals surface area contributed by atoms with Crippen molar-refractivity contribution in [2.24, 2.45) is 0 Å². The highest BCUT2D eigenvalue weighted by molar-refractivity contribution is 5.94. The fourth-order valence-corrected chi connectivity index (χ4v) is 2.28. The summed E-state index contributed by atoms with van der Waals surface area (Å²) in [4.78, 5) is 46.6. The Morgan fingerprint density at radius 3 is 1.10 bits per heavy atom. The Morgan fingerprint density at radius 1 is 0.552 bits per heavy atom. The normalized spacial score (nSPS) is 10.0. The lowest BCUT2D eigenvalue weighted by atomic mass is 10.1. The van der Waals surface area contributed by atoms with Gasteiger partial charge in [0.25, 0.3) is 0 Å². The average molecular weight is 400 g/mol. The SMILES string of the molecule is COC(=O)c1ccc(C(=O)OCCCOC(=O)c2ccc(C(=O)OC)cc2)cc1. The van der Waals surface area contributed by atoms with E-state index in [4.69, 9.17) is 9.47 Å². The molecule has 2 rings (SSSR count). The van der Waals surface area contributed by atoms with Gasteiger partial charge in [0.2, 0.25) is 0 Å². The van der Waals surface area contributed by atoms with Crippen LogP contribution < -0.4 is 0 Å². The van der Waals surface area contributed by atoms with Gasteiger partial charge >= 0.3 is 23.9 Å². The van der Waals surface area contributed by atoms with Gasteiger partial charge in [0.1, 0.15) is 0 Å². The van der Waals surface area contributed by atoms with Crippen LogP contribution in [0.15, 0.2) is 48.5 Å². The lowest BCUT2D eigenvalue weighted by molar-refractivity contribution is 0.0393. The second kappa shape index (κ2) is 10.6. The second-order valence-corrected chi connectivity index (χ2v) is 5.76. The molecule has 0 atom stereocenters. The number of carbonyl (C=O) groups excluding carboxylic acids is 4. The van der Waals surface area contributed by atoms with Gasteiger partial charge in [-0.25, -0.2) is 19.2 Å². The summed E-state index contributed by atoms with van der Waals surface area (Å²) in [6, 6.07) is 11.7. The van der Waals surface area contributed by atoms with Gasteiger partial charge in [0.05, 0.1) is 49.7 Å². The predicted octanol–water partition coefficient (Wildman–Crippen LogP) is 2.66. The molecule has 29 heavy (non-hydrogen) atoms. The fraction of sp³-hybridized carbons (Fsp3) is 0.238. The van der Waals surface area contributed by atoms with E-state index in [2.05, 4.69) is 9.47 Å². The van der Waals surface area contributed by atoms with E-state index < -0.39 is 23.9 Å². The molecule has 0 bridgehead atoms. The second-order valence-electron chi connectivity index (χ2n) is 5.76. The summed E-state index contributed by atoms with van der Waals surface area (Å²) in [5.74, 6) is -2.09. The third-order valence-corrected chi connectivity index (χ3v) is 3.84. The largest absolute Gasteiger partial charge is 0.465 e. The van der Waals surface area contributed by atoms with Gasteiger partial charge in [-0.3, -0.25) is 0 Å². The number of carbonyl (C=O) groups is 4. The molecule has 0 aromatic heterocycles. The van der Waals surface area contributed by atoms with Gasteiger partial charge in [-0.2, -0.15) is 0 Å². The standard InChI is InChI=1S/C21H20O8/c1-26-18(22)14-4-8-16(9-5-14)20(24)28-12-3-13-29-21(25)17-10-6-15(7-11-17)19(23)27-2/h4-11H,3,12-13H2,1-2H3. The summed E-state index contributed by atoms with van der Waals surface area (Å²) in [5.41, 5.74) is 1.24. The Balaban J connectivity index is 1.72. The molecule has 2 aromatic carbocycles. The zero-order chi connectivity index (χ0) is 21.2. The van der Waals surface area contributed by atoms with Crippen molar-refractivity contribution >= 4 is 23.9 Å². The van der Waals surface area contributed by atoms with Crippen LogP contribution in [0.25, 0.3) is 0 Å². The van der Waals surface area contributed by atoms with E-state index in [0.29, 0.717) is 28.7 Å². The van der Waals surface area contributed by atoms with Crippen molar-refractivity contribution in [2.45, 2.75) is 6.42 Å². The third kappa shape index (κ3) is 6.17. The van der Waals surface area contributed by atoms with Gasteiger partial charge in [0.15, 0.2) is 0 Å². The molecule has 2 aromatic rings. The Bertz CT molecular complexity index is 795. The first-order valence-corrected chi connectivity index (χ1v) is 8.67. The van der Waals surface area contributed by atoms with Crippen LogP contribution in [-0.4, -0.2) is 51.3 Å². The minimum atomic E-state index is -0.550. The van der Waals surface area contributed by atoms with E-state index in [1.807, 2.05) is 0 Å². The van der Waals surface area contributed by atoms with Crippen molar-refractivity contribution in [3.05, 3.63) is 70.8 Å². The molecule has 0 saturated heterocycles. The molecule has 0 N–H and O–H groups in total. The summed E-state index contributed by atoms with van der Waals surface area (Å²) < 4.78 is 19.4. The topological polar surface area (TPSA) is 105 Å². The highest BCUT2D eigenvalue weighted by Gasteiger charge is 2.12. The number of rotatable bonds is 8. The quantitative estimate of drug-likeness (QED) is 0.378. The molecule has 0 radical (unpaired) electrons. The number of hydrogen-bond donors (Lipinski definition) is 0. The van der Waals surface area contributed by atoms with Crippen LogP contribution >= 0.6 is 0 Å². The smallest absolute Gasteiger partial charge is 0.338 e. The van der Waals surface area contributed by atoms with Crippen LogP contribution in [0.4, 0.5) is 0 Å². The summed E-state index contributed by atoms with van der Waals surface area (Å²) in [5, 5.41) is 0. The molecule has 0 aliphatic carbocycles. The van der Waals surface area contributed by atoms with Gasteiger partial charge < -0.3 is 18.9 Å². The minimum Gasteiger partial charge on any atom is -0.465 e. The summed E-state index contributed by atoms with van der Waals surface area (Å²) >= 11 is 0. The molecular formula is C21H20O8. The van der Waals surface area contributed by atoms with E-state index in [0.717, 1.165) is 0 Å². The summed E-state index contributed by atoms with van der Waals surface area (Å²) in [6.07, 6.45) is 0.317. The lowest BCUT2D eigenvalue weighted by Gasteiger charge is -2.07. The van der Waals surface area contributed by atoms with Crippen molar-refractivity contribution in [1.29, 1.82) is 0 Å². The molecule has 0 saturated carbocycles. The van der Waals surface area contributed by atoms with Crippen LogP contribution in [0.2, 0.25) is 0 Å². The number of methoxy groups -OCH3 is 2. The van der Waals surface area contributed by atoms with Crippen molar-refractivity contribution < 1.29 is 38.1 Å². The van der Waals surface area contributed by atoms with Gasteiger partial charge in [0, 0.05) is 6.42 Å². The molecule has 0 fully saturated rings. The van der Waals surface area contributed by atoms with Crippen LogP contribution in [0.1, 0.15) is 47.9 Å². The molecule has 0 amide bonds. The van der Waals surface area contributed by atoms with Crippen LogP contribution in [0.3, 0.4) is 0 Å². The number of benzene rings is 2. The number of hydrogen-bond acceptors (Lipinski definition) is 8. The van der Waals surface area contributed by atoms with Crippen molar-refractivity contribution in [3.63, 3.8) is 0 Å². The summed E-state index contributed by atoms with van der Waals surface area (Å²) in [7, 11) is 2.55. The van der Waals surface area contributed by atoms with E-state index in [9.17, 15) is 19.2 Å². The predicted molar refractivity (Wildman–Crippen MR) is 101 cm³/mol. The number of esters is 4. The molecule has 0 heterocycles. The first kappa shape index (κ1) is 21.6. The van der Waals surface area contributed by atoms with Crippen LogP contribution in [0, 0.1) is 0 Å². The van der Waals surface area contributed by atoms with Gasteiger partial charge in [-0.05, 0) is 48.5 Å². The minimum absolute atomic E-state index is 0.0617. The molecule has 0 spiro atoms. The molecular weight excluding hydrogens is 380 g/mol. The monoisotopic (exact) mass is 400 g/mol. The Labute approximate surface area is 167 Å². The van der Waals surface area contributed by atoms with Gasteiger partial charge in [-0.1, -0.05) is 0 Å².